The zero-order valence-electron chi connectivity index (χ0n) is 48.7. The van der Waals surface area contributed by atoms with Crippen LogP contribution in [-0.2, 0) is 10.8 Å². The molecule has 0 amide bonds. The number of rotatable bonds is 10. The van der Waals surface area contributed by atoms with E-state index in [0.29, 0.717) is 34.3 Å². The number of para-hydroxylation sites is 3. The number of hydrogen-bond donors (Lipinski definition) is 0. The van der Waals surface area contributed by atoms with Crippen molar-refractivity contribution in [2.75, 3.05) is 16.5 Å². The molecule has 89 heavy (non-hydrogen) atoms. The minimum Gasteiger partial charge on any atom is -0.457 e. The second-order valence-electron chi connectivity index (χ2n) is 24.0. The number of anilines is 4. The van der Waals surface area contributed by atoms with Gasteiger partial charge in [-0.05, 0) is 122 Å². The normalized spacial score (nSPS) is 12.6. The molecule has 1 aliphatic heterocycles. The van der Waals surface area contributed by atoms with Crippen LogP contribution in [0.2, 0.25) is 0 Å². The van der Waals surface area contributed by atoms with Gasteiger partial charge in [-0.15, -0.1) is 0 Å². The molecular formula is C74H52F10N4O. The highest BCUT2D eigenvalue weighted by atomic mass is 19.2. The molecule has 0 bridgehead atoms. The molecule has 3 heterocycles. The first kappa shape index (κ1) is 57.9. The first-order valence-corrected chi connectivity index (χ1v) is 28.5. The molecule has 0 spiro atoms. The zero-order valence-corrected chi connectivity index (χ0v) is 48.7. The third kappa shape index (κ3) is 9.89. The molecule has 0 saturated carbocycles. The van der Waals surface area contributed by atoms with Crippen LogP contribution in [-0.4, -0.2) is 16.2 Å². The predicted octanol–water partition coefficient (Wildman–Crippen LogP) is 21.5. The van der Waals surface area contributed by atoms with Crippen molar-refractivity contribution in [2.24, 2.45) is 0 Å². The molecule has 0 aliphatic carbocycles. The van der Waals surface area contributed by atoms with Gasteiger partial charge in [0, 0.05) is 45.9 Å². The maximum atomic E-state index is 16.7. The van der Waals surface area contributed by atoms with Crippen LogP contribution in [0.4, 0.5) is 66.7 Å². The Morgan fingerprint density at radius 2 is 0.865 bits per heavy atom. The van der Waals surface area contributed by atoms with E-state index in [4.69, 9.17) is 9.72 Å². The average Bonchev–Trinajstić information content (AvgIpc) is 1.77. The van der Waals surface area contributed by atoms with E-state index >= 15 is 35.1 Å². The van der Waals surface area contributed by atoms with Crippen molar-refractivity contribution in [3.8, 4) is 73.0 Å². The van der Waals surface area contributed by atoms with E-state index < -0.39 is 98.2 Å². The van der Waals surface area contributed by atoms with Crippen LogP contribution in [0.15, 0.2) is 194 Å². The highest BCUT2D eigenvalue weighted by Gasteiger charge is 2.39. The lowest BCUT2D eigenvalue weighted by atomic mass is 9.81. The van der Waals surface area contributed by atoms with E-state index in [0.717, 1.165) is 67.3 Å². The molecule has 0 saturated heterocycles. The summed E-state index contributed by atoms with van der Waals surface area (Å²) in [6, 6.07) is 57.4. The fraction of sp³-hybridized carbons (Fsp3) is 0.122. The molecule has 0 N–H and O–H groups in total. The maximum absolute atomic E-state index is 16.7. The van der Waals surface area contributed by atoms with Gasteiger partial charge in [-0.25, -0.2) is 48.9 Å². The second-order valence-corrected chi connectivity index (χ2v) is 24.0. The summed E-state index contributed by atoms with van der Waals surface area (Å²) < 4.78 is 168. The highest BCUT2D eigenvalue weighted by molar-refractivity contribution is 6.09. The van der Waals surface area contributed by atoms with Gasteiger partial charge in [0.1, 0.15) is 24.0 Å². The molecule has 0 fully saturated rings. The summed E-state index contributed by atoms with van der Waals surface area (Å²) >= 11 is 0. The summed E-state index contributed by atoms with van der Waals surface area (Å²) in [6.07, 6.45) is 1.79. The topological polar surface area (TPSA) is 33.5 Å². The number of pyridine rings is 1. The Morgan fingerprint density at radius 3 is 1.42 bits per heavy atom. The zero-order chi connectivity index (χ0) is 62.5. The van der Waals surface area contributed by atoms with E-state index in [9.17, 15) is 8.78 Å². The quantitative estimate of drug-likeness (QED) is 0.0776. The molecule has 1 aliphatic rings. The number of hydrogen-bond acceptors (Lipinski definition) is 4. The van der Waals surface area contributed by atoms with Crippen LogP contribution in [0, 0.1) is 58.2 Å². The molecule has 0 atom stereocenters. The number of halogens is 10. The van der Waals surface area contributed by atoms with Gasteiger partial charge in [-0.2, -0.15) is 0 Å². The Morgan fingerprint density at radius 1 is 0.371 bits per heavy atom. The van der Waals surface area contributed by atoms with Crippen molar-refractivity contribution in [3.63, 3.8) is 0 Å². The van der Waals surface area contributed by atoms with Crippen molar-refractivity contribution in [3.05, 3.63) is 264 Å². The molecule has 15 heteroatoms. The number of benzene rings is 10. The van der Waals surface area contributed by atoms with Crippen LogP contribution >= 0.6 is 0 Å². The maximum Gasteiger partial charge on any atom is 0.200 e. The molecule has 12 aromatic rings. The van der Waals surface area contributed by atoms with Crippen LogP contribution in [0.3, 0.4) is 0 Å². The molecular weight excluding hydrogens is 1150 g/mol. The average molecular weight is 1200 g/mol. The fourth-order valence-corrected chi connectivity index (χ4v) is 12.0. The van der Waals surface area contributed by atoms with E-state index in [1.54, 1.807) is 56.1 Å². The van der Waals surface area contributed by atoms with Crippen molar-refractivity contribution in [1.82, 2.24) is 9.55 Å². The Hall–Kier alpha value is -10.2. The summed E-state index contributed by atoms with van der Waals surface area (Å²) in [4.78, 5) is 7.89. The summed E-state index contributed by atoms with van der Waals surface area (Å²) in [6.45, 7) is 10.6. The monoisotopic (exact) mass is 1200 g/mol. The Labute approximate surface area is 506 Å². The van der Waals surface area contributed by atoms with Crippen LogP contribution in [0.5, 0.6) is 11.5 Å². The van der Waals surface area contributed by atoms with Gasteiger partial charge in [-0.1, -0.05) is 151 Å². The van der Waals surface area contributed by atoms with Gasteiger partial charge >= 0.3 is 0 Å². The Kier molecular flexibility index (Phi) is 14.3. The third-order valence-electron chi connectivity index (χ3n) is 16.4. The largest absolute Gasteiger partial charge is 0.457 e. The lowest BCUT2D eigenvalue weighted by Gasteiger charge is -2.31. The smallest absolute Gasteiger partial charge is 0.200 e. The number of aromatic nitrogens is 2. The van der Waals surface area contributed by atoms with Gasteiger partial charge in [0.25, 0.3) is 0 Å². The molecule has 5 nitrogen and oxygen atoms in total. The SMILES string of the molecule is CC(C)(C)c1ccnc(-n2c3ccccc3c3ccc(Oc4cc(-c5c(-c6ccccc6)cccc5-c5ccccc5)cc(N5CN(c6c(-c7c(F)c(F)c(F)c(F)c7F)cc(C(C)(C)C)cc6-c6c(F)c(F)c(F)c(F)c6F)c6ccccc65)c4)cc32)c1. The lowest BCUT2D eigenvalue weighted by molar-refractivity contribution is 0.381. The van der Waals surface area contributed by atoms with Crippen LogP contribution < -0.4 is 14.5 Å². The fourth-order valence-electron chi connectivity index (χ4n) is 12.0. The first-order valence-electron chi connectivity index (χ1n) is 28.5. The molecule has 2 aromatic heterocycles. The van der Waals surface area contributed by atoms with Crippen LogP contribution in [0.1, 0.15) is 52.7 Å². The number of ether oxygens (including phenoxy) is 1. The van der Waals surface area contributed by atoms with Crippen molar-refractivity contribution < 1.29 is 48.6 Å². The van der Waals surface area contributed by atoms with Gasteiger partial charge in [-0.3, -0.25) is 4.57 Å². The van der Waals surface area contributed by atoms with E-state index in [-0.39, 0.29) is 16.7 Å². The third-order valence-corrected chi connectivity index (χ3v) is 16.4. The Bertz CT molecular complexity index is 4630. The number of fused-ring (bicyclic) bond motifs is 4. The van der Waals surface area contributed by atoms with Crippen molar-refractivity contribution in [1.29, 1.82) is 0 Å². The van der Waals surface area contributed by atoms with E-state index in [2.05, 4.69) is 31.4 Å². The van der Waals surface area contributed by atoms with Gasteiger partial charge in [0.05, 0.1) is 39.2 Å². The lowest BCUT2D eigenvalue weighted by Crippen LogP contribution is -2.26. The molecule has 13 rings (SSSR count). The number of nitrogens with zero attached hydrogens (tertiary/aromatic N) is 4. The Balaban J connectivity index is 1.07. The van der Waals surface area contributed by atoms with Crippen molar-refractivity contribution >= 4 is 44.6 Å². The molecule has 10 aromatic carbocycles. The second kappa shape index (κ2) is 21.9. The van der Waals surface area contributed by atoms with Crippen molar-refractivity contribution in [2.45, 2.75) is 52.4 Å². The van der Waals surface area contributed by atoms with Gasteiger partial charge in [0.2, 0.25) is 11.6 Å². The summed E-state index contributed by atoms with van der Waals surface area (Å²) in [5, 5.41) is 1.90. The molecule has 0 unspecified atom stereocenters. The van der Waals surface area contributed by atoms with Gasteiger partial charge in [0.15, 0.2) is 46.5 Å². The van der Waals surface area contributed by atoms with E-state index in [1.165, 1.54) is 11.0 Å². The highest BCUT2D eigenvalue weighted by Crippen LogP contribution is 2.55. The minimum atomic E-state index is -2.48. The predicted molar refractivity (Wildman–Crippen MR) is 331 cm³/mol. The summed E-state index contributed by atoms with van der Waals surface area (Å²) in [5.74, 6) is -22.2. The minimum absolute atomic E-state index is 0.0301. The summed E-state index contributed by atoms with van der Waals surface area (Å²) in [5.41, 5.74) is 1.70. The van der Waals surface area contributed by atoms with Crippen LogP contribution in [0.25, 0.3) is 83.3 Å². The molecule has 444 valence electrons. The summed E-state index contributed by atoms with van der Waals surface area (Å²) in [7, 11) is 0. The standard InChI is InChI=1S/C74H52F10N4O/c1-73(2,3)43-30-31-85-58(36-43)88-54-25-14-13-22-50(54)51-29-28-46(38-57(51)88)89-47-33-42(59-48(40-18-9-7-10-19-40)23-17-24-49(59)41-20-11-8-12-21-41)32-45(37-47)86-39-87(56-27-16-15-26-55(56)86)72-52(60-62(75)66(79)70(83)67(80)63(60)76)34-44(74(4,5)6)35-53(72)61-64(77)68(81)71(84)69(82)65(61)78/h7-38H,39H2,1-6H3. The van der Waals surface area contributed by atoms with E-state index in [1.807, 2.05) is 140 Å². The first-order chi connectivity index (χ1) is 42.6. The van der Waals surface area contributed by atoms with Gasteiger partial charge < -0.3 is 14.5 Å². The molecule has 0 radical (unpaired) electrons.